The quantitative estimate of drug-likeness (QED) is 0.856. The molecule has 0 fully saturated rings. The van der Waals surface area contributed by atoms with Gasteiger partial charge in [0.2, 0.25) is 0 Å². The predicted molar refractivity (Wildman–Crippen MR) is 80.5 cm³/mol. The molecule has 0 saturated carbocycles. The normalized spacial score (nSPS) is 9.86. The van der Waals surface area contributed by atoms with Crippen molar-refractivity contribution in [1.29, 1.82) is 0 Å². The fourth-order valence-corrected chi connectivity index (χ4v) is 1.81. The molecular formula is C16H15NO5. The summed E-state index contributed by atoms with van der Waals surface area (Å²) in [6.45, 7) is -0.146. The molecule has 0 aromatic heterocycles. The number of hydrogen-bond acceptors (Lipinski definition) is 4. The average molecular weight is 301 g/mol. The molecule has 0 aliphatic heterocycles. The largest absolute Gasteiger partial charge is 0.496 e. The first-order chi connectivity index (χ1) is 10.6. The monoisotopic (exact) mass is 301 g/mol. The molecular weight excluding hydrogens is 286 g/mol. The summed E-state index contributed by atoms with van der Waals surface area (Å²) in [5, 5.41) is 11.6. The summed E-state index contributed by atoms with van der Waals surface area (Å²) in [7, 11) is 1.37. The summed E-state index contributed by atoms with van der Waals surface area (Å²) in [6.07, 6.45) is 0. The molecule has 0 atom stereocenters. The Labute approximate surface area is 127 Å². The Morgan fingerprint density at radius 3 is 2.50 bits per heavy atom. The second kappa shape index (κ2) is 7.12. The van der Waals surface area contributed by atoms with Crippen LogP contribution < -0.4 is 14.8 Å². The lowest BCUT2D eigenvalue weighted by molar-refractivity contribution is -0.118. The lowest BCUT2D eigenvalue weighted by Crippen LogP contribution is -2.20. The maximum Gasteiger partial charge on any atom is 0.339 e. The van der Waals surface area contributed by atoms with Gasteiger partial charge in [0.15, 0.2) is 6.61 Å². The van der Waals surface area contributed by atoms with Gasteiger partial charge in [-0.05, 0) is 24.3 Å². The molecule has 6 heteroatoms. The highest BCUT2D eigenvalue weighted by Crippen LogP contribution is 2.23. The molecule has 2 N–H and O–H groups in total. The van der Waals surface area contributed by atoms with E-state index in [1.54, 1.807) is 12.1 Å². The van der Waals surface area contributed by atoms with Gasteiger partial charge < -0.3 is 19.9 Å². The van der Waals surface area contributed by atoms with E-state index >= 15 is 0 Å². The van der Waals surface area contributed by atoms with Crippen molar-refractivity contribution in [2.75, 3.05) is 19.0 Å². The standard InChI is InChI=1S/C16H15NO5/c1-21-14-9-11(7-8-13(14)16(19)20)17-15(18)10-22-12-5-3-2-4-6-12/h2-9H,10H2,1H3,(H,17,18)(H,19,20). The Kier molecular flexibility index (Phi) is 4.98. The summed E-state index contributed by atoms with van der Waals surface area (Å²) >= 11 is 0. The van der Waals surface area contributed by atoms with Crippen LogP contribution in [-0.4, -0.2) is 30.7 Å². The van der Waals surface area contributed by atoms with Gasteiger partial charge in [-0.2, -0.15) is 0 Å². The molecule has 6 nitrogen and oxygen atoms in total. The van der Waals surface area contributed by atoms with Gasteiger partial charge in [0.1, 0.15) is 17.1 Å². The Bertz CT molecular complexity index is 669. The van der Waals surface area contributed by atoms with Gasteiger partial charge in [0.25, 0.3) is 5.91 Å². The average Bonchev–Trinajstić information content (AvgIpc) is 2.53. The molecule has 0 spiro atoms. The van der Waals surface area contributed by atoms with E-state index in [-0.39, 0.29) is 23.8 Å². The van der Waals surface area contributed by atoms with E-state index in [9.17, 15) is 9.59 Å². The van der Waals surface area contributed by atoms with E-state index in [1.165, 1.54) is 25.3 Å². The maximum atomic E-state index is 11.8. The van der Waals surface area contributed by atoms with E-state index in [4.69, 9.17) is 14.6 Å². The van der Waals surface area contributed by atoms with Crippen molar-refractivity contribution in [3.63, 3.8) is 0 Å². The van der Waals surface area contributed by atoms with Crippen LogP contribution in [0.5, 0.6) is 11.5 Å². The molecule has 0 aliphatic rings. The van der Waals surface area contributed by atoms with E-state index in [0.717, 1.165) is 0 Å². The lowest BCUT2D eigenvalue weighted by Gasteiger charge is -2.10. The minimum atomic E-state index is -1.10. The van der Waals surface area contributed by atoms with Crippen molar-refractivity contribution in [2.45, 2.75) is 0 Å². The highest BCUT2D eigenvalue weighted by atomic mass is 16.5. The molecule has 2 aromatic rings. The third-order valence-electron chi connectivity index (χ3n) is 2.83. The lowest BCUT2D eigenvalue weighted by atomic mass is 10.2. The van der Waals surface area contributed by atoms with Crippen LogP contribution in [0, 0.1) is 0 Å². The number of carboxylic acid groups (broad SMARTS) is 1. The van der Waals surface area contributed by atoms with E-state index in [1.807, 2.05) is 18.2 Å². The molecule has 0 aliphatic carbocycles. The van der Waals surface area contributed by atoms with Crippen molar-refractivity contribution in [2.24, 2.45) is 0 Å². The number of benzene rings is 2. The fraction of sp³-hybridized carbons (Fsp3) is 0.125. The summed E-state index contributed by atoms with van der Waals surface area (Å²) < 4.78 is 10.3. The Morgan fingerprint density at radius 2 is 1.86 bits per heavy atom. The molecule has 1 amide bonds. The van der Waals surface area contributed by atoms with Crippen LogP contribution in [0.1, 0.15) is 10.4 Å². The zero-order valence-corrected chi connectivity index (χ0v) is 11.9. The van der Waals surface area contributed by atoms with Crippen molar-refractivity contribution in [3.8, 4) is 11.5 Å². The van der Waals surface area contributed by atoms with Gasteiger partial charge in [-0.15, -0.1) is 0 Å². The van der Waals surface area contributed by atoms with Gasteiger partial charge in [0, 0.05) is 11.8 Å². The number of anilines is 1. The van der Waals surface area contributed by atoms with Crippen LogP contribution in [0.15, 0.2) is 48.5 Å². The van der Waals surface area contributed by atoms with Crippen molar-refractivity contribution < 1.29 is 24.2 Å². The molecule has 22 heavy (non-hydrogen) atoms. The number of para-hydroxylation sites is 1. The number of carboxylic acids is 1. The number of ether oxygens (including phenoxy) is 2. The number of amides is 1. The van der Waals surface area contributed by atoms with Crippen LogP contribution in [0.2, 0.25) is 0 Å². The number of hydrogen-bond donors (Lipinski definition) is 2. The second-order valence-electron chi connectivity index (χ2n) is 4.37. The molecule has 0 unspecified atom stereocenters. The Hall–Kier alpha value is -3.02. The highest BCUT2D eigenvalue weighted by molar-refractivity contribution is 5.95. The number of nitrogens with one attached hydrogen (secondary N) is 1. The zero-order valence-electron chi connectivity index (χ0n) is 11.9. The molecule has 114 valence electrons. The van der Waals surface area contributed by atoms with E-state index in [0.29, 0.717) is 11.4 Å². The minimum absolute atomic E-state index is 0.0287. The number of carbonyl (C=O) groups is 2. The molecule has 2 aromatic carbocycles. The van der Waals surface area contributed by atoms with Crippen molar-refractivity contribution >= 4 is 17.6 Å². The fourth-order valence-electron chi connectivity index (χ4n) is 1.81. The SMILES string of the molecule is COc1cc(NC(=O)COc2ccccc2)ccc1C(=O)O. The predicted octanol–water partition coefficient (Wildman–Crippen LogP) is 2.41. The van der Waals surface area contributed by atoms with Crippen molar-refractivity contribution in [3.05, 3.63) is 54.1 Å². The van der Waals surface area contributed by atoms with E-state index < -0.39 is 5.97 Å². The third kappa shape index (κ3) is 3.99. The minimum Gasteiger partial charge on any atom is -0.496 e. The third-order valence-corrected chi connectivity index (χ3v) is 2.83. The molecule has 0 saturated heterocycles. The maximum absolute atomic E-state index is 11.8. The Morgan fingerprint density at radius 1 is 1.14 bits per heavy atom. The number of rotatable bonds is 6. The van der Waals surface area contributed by atoms with Gasteiger partial charge in [-0.3, -0.25) is 4.79 Å². The van der Waals surface area contributed by atoms with Gasteiger partial charge >= 0.3 is 5.97 Å². The number of carbonyl (C=O) groups excluding carboxylic acids is 1. The van der Waals surface area contributed by atoms with E-state index in [2.05, 4.69) is 5.32 Å². The molecule has 0 heterocycles. The van der Waals surface area contributed by atoms with Crippen LogP contribution in [0.3, 0.4) is 0 Å². The van der Waals surface area contributed by atoms with Crippen LogP contribution in [0.4, 0.5) is 5.69 Å². The van der Waals surface area contributed by atoms with Crippen molar-refractivity contribution in [1.82, 2.24) is 0 Å². The van der Waals surface area contributed by atoms with Crippen LogP contribution in [0.25, 0.3) is 0 Å². The first-order valence-electron chi connectivity index (χ1n) is 6.49. The first kappa shape index (κ1) is 15.4. The summed E-state index contributed by atoms with van der Waals surface area (Å²) in [5.41, 5.74) is 0.463. The summed E-state index contributed by atoms with van der Waals surface area (Å²) in [4.78, 5) is 22.8. The van der Waals surface area contributed by atoms with Crippen LogP contribution >= 0.6 is 0 Å². The molecule has 0 radical (unpaired) electrons. The Balaban J connectivity index is 1.98. The highest BCUT2D eigenvalue weighted by Gasteiger charge is 2.12. The zero-order chi connectivity index (χ0) is 15.9. The topological polar surface area (TPSA) is 84.9 Å². The molecule has 2 rings (SSSR count). The van der Waals surface area contributed by atoms with Gasteiger partial charge in [-0.1, -0.05) is 18.2 Å². The number of aromatic carboxylic acids is 1. The first-order valence-corrected chi connectivity index (χ1v) is 6.49. The summed E-state index contributed by atoms with van der Waals surface area (Å²) in [5.74, 6) is -0.679. The van der Waals surface area contributed by atoms with Gasteiger partial charge in [0.05, 0.1) is 7.11 Å². The van der Waals surface area contributed by atoms with Crippen LogP contribution in [-0.2, 0) is 4.79 Å². The number of methoxy groups -OCH3 is 1. The summed E-state index contributed by atoms with van der Waals surface area (Å²) in [6, 6.07) is 13.3. The smallest absolute Gasteiger partial charge is 0.339 e. The molecule has 0 bridgehead atoms. The van der Waals surface area contributed by atoms with Gasteiger partial charge in [-0.25, -0.2) is 4.79 Å². The second-order valence-corrected chi connectivity index (χ2v) is 4.37.